The largest absolute Gasteiger partial charge is 0.495 e. The molecule has 0 radical (unpaired) electrons. The van der Waals surface area contributed by atoms with Crippen molar-refractivity contribution >= 4 is 5.69 Å². The van der Waals surface area contributed by atoms with E-state index in [4.69, 9.17) is 10.5 Å². The number of H-pyrrole nitrogens is 1. The van der Waals surface area contributed by atoms with Crippen LogP contribution in [0, 0.1) is 0 Å². The number of hydrogen-bond acceptors (Lipinski definition) is 4. The highest BCUT2D eigenvalue weighted by atomic mass is 16.5. The summed E-state index contributed by atoms with van der Waals surface area (Å²) in [5.41, 5.74) is 7.43. The Kier molecular flexibility index (Phi) is 2.59. The summed E-state index contributed by atoms with van der Waals surface area (Å²) in [6, 6.07) is 6.68. The van der Waals surface area contributed by atoms with E-state index in [2.05, 4.69) is 9.97 Å². The highest BCUT2D eigenvalue weighted by Gasteiger charge is 2.04. The zero-order chi connectivity index (χ0) is 11.5. The molecule has 0 aliphatic rings. The molecule has 5 heteroatoms. The van der Waals surface area contributed by atoms with Crippen molar-refractivity contribution < 1.29 is 4.74 Å². The van der Waals surface area contributed by atoms with Crippen LogP contribution in [-0.4, -0.2) is 17.1 Å². The molecule has 0 bridgehead atoms. The van der Waals surface area contributed by atoms with Gasteiger partial charge in [-0.1, -0.05) is 6.07 Å². The van der Waals surface area contributed by atoms with Gasteiger partial charge in [-0.2, -0.15) is 0 Å². The van der Waals surface area contributed by atoms with Crippen LogP contribution >= 0.6 is 0 Å². The first-order chi connectivity index (χ1) is 7.70. The molecule has 2 aromatic rings. The minimum Gasteiger partial charge on any atom is -0.495 e. The maximum atomic E-state index is 11.1. The molecule has 1 heterocycles. The highest BCUT2D eigenvalue weighted by Crippen LogP contribution is 2.26. The van der Waals surface area contributed by atoms with Crippen LogP contribution in [0.1, 0.15) is 0 Å². The van der Waals surface area contributed by atoms with Crippen LogP contribution in [0.3, 0.4) is 0 Å². The lowest BCUT2D eigenvalue weighted by molar-refractivity contribution is 0.417. The van der Waals surface area contributed by atoms with Gasteiger partial charge in [-0.05, 0) is 12.1 Å². The number of ether oxygens (including phenoxy) is 1. The number of anilines is 1. The summed E-state index contributed by atoms with van der Waals surface area (Å²) < 4.78 is 5.10. The Morgan fingerprint density at radius 3 is 2.88 bits per heavy atom. The molecule has 2 rings (SSSR count). The molecule has 1 aromatic carbocycles. The first-order valence-corrected chi connectivity index (χ1v) is 4.69. The van der Waals surface area contributed by atoms with Gasteiger partial charge in [0.2, 0.25) is 0 Å². The molecular formula is C11H11N3O2. The van der Waals surface area contributed by atoms with Crippen molar-refractivity contribution in [2.45, 2.75) is 0 Å². The number of aromatic amines is 1. The van der Waals surface area contributed by atoms with Crippen molar-refractivity contribution in [3.63, 3.8) is 0 Å². The van der Waals surface area contributed by atoms with Crippen LogP contribution in [0.4, 0.5) is 5.69 Å². The van der Waals surface area contributed by atoms with Crippen molar-refractivity contribution in [3.8, 4) is 17.0 Å². The molecule has 0 spiro atoms. The SMILES string of the molecule is COc1cc(-c2cc(=O)[nH]cn2)ccc1N. The predicted molar refractivity (Wildman–Crippen MR) is 61.3 cm³/mol. The average Bonchev–Trinajstić information content (AvgIpc) is 2.29. The van der Waals surface area contributed by atoms with Crippen LogP contribution in [-0.2, 0) is 0 Å². The summed E-state index contributed by atoms with van der Waals surface area (Å²) >= 11 is 0. The van der Waals surface area contributed by atoms with E-state index >= 15 is 0 Å². The molecule has 3 N–H and O–H groups in total. The van der Waals surface area contributed by atoms with Gasteiger partial charge in [0.1, 0.15) is 5.75 Å². The van der Waals surface area contributed by atoms with E-state index in [0.29, 0.717) is 17.1 Å². The minimum absolute atomic E-state index is 0.194. The standard InChI is InChI=1S/C11H11N3O2/c1-16-10-4-7(2-3-8(10)12)9-5-11(15)14-6-13-9/h2-6H,12H2,1H3,(H,13,14,15). The molecule has 0 amide bonds. The molecule has 16 heavy (non-hydrogen) atoms. The Morgan fingerprint density at radius 2 is 2.19 bits per heavy atom. The lowest BCUT2D eigenvalue weighted by Gasteiger charge is -2.06. The predicted octanol–water partition coefficient (Wildman–Crippen LogP) is 1.03. The van der Waals surface area contributed by atoms with Gasteiger partial charge >= 0.3 is 0 Å². The molecule has 0 saturated carbocycles. The van der Waals surface area contributed by atoms with E-state index in [9.17, 15) is 4.79 Å². The van der Waals surface area contributed by atoms with E-state index in [1.54, 1.807) is 25.3 Å². The molecule has 0 atom stereocenters. The molecule has 0 unspecified atom stereocenters. The number of aromatic nitrogens is 2. The van der Waals surface area contributed by atoms with E-state index in [1.807, 2.05) is 0 Å². The fraction of sp³-hybridized carbons (Fsp3) is 0.0909. The van der Waals surface area contributed by atoms with Crippen molar-refractivity contribution in [3.05, 3.63) is 40.9 Å². The quantitative estimate of drug-likeness (QED) is 0.736. The Labute approximate surface area is 91.9 Å². The number of hydrogen-bond donors (Lipinski definition) is 2. The van der Waals surface area contributed by atoms with Crippen LogP contribution in [0.5, 0.6) is 5.75 Å². The first kappa shape index (κ1) is 10.2. The van der Waals surface area contributed by atoms with Crippen molar-refractivity contribution in [2.24, 2.45) is 0 Å². The zero-order valence-corrected chi connectivity index (χ0v) is 8.73. The molecule has 1 aromatic heterocycles. The fourth-order valence-electron chi connectivity index (χ4n) is 1.40. The number of nitrogen functional groups attached to an aromatic ring is 1. The van der Waals surface area contributed by atoms with Crippen LogP contribution in [0.2, 0.25) is 0 Å². The average molecular weight is 217 g/mol. The van der Waals surface area contributed by atoms with Gasteiger partial charge in [-0.15, -0.1) is 0 Å². The topological polar surface area (TPSA) is 81.0 Å². The van der Waals surface area contributed by atoms with Gasteiger partial charge in [0.05, 0.1) is 24.8 Å². The normalized spacial score (nSPS) is 10.1. The second-order valence-electron chi connectivity index (χ2n) is 3.25. The Bertz CT molecular complexity index is 563. The van der Waals surface area contributed by atoms with Crippen LogP contribution in [0.15, 0.2) is 35.4 Å². The maximum Gasteiger partial charge on any atom is 0.251 e. The van der Waals surface area contributed by atoms with Gasteiger partial charge < -0.3 is 15.5 Å². The number of nitrogens with zero attached hydrogens (tertiary/aromatic N) is 1. The summed E-state index contributed by atoms with van der Waals surface area (Å²) in [6.07, 6.45) is 1.36. The maximum absolute atomic E-state index is 11.1. The second-order valence-corrected chi connectivity index (χ2v) is 3.25. The molecule has 82 valence electrons. The lowest BCUT2D eigenvalue weighted by atomic mass is 10.1. The van der Waals surface area contributed by atoms with E-state index in [-0.39, 0.29) is 5.56 Å². The van der Waals surface area contributed by atoms with E-state index in [1.165, 1.54) is 12.4 Å². The third kappa shape index (κ3) is 1.88. The number of nitrogens with one attached hydrogen (secondary N) is 1. The highest BCUT2D eigenvalue weighted by molar-refractivity contribution is 5.66. The summed E-state index contributed by atoms with van der Waals surface area (Å²) in [5, 5.41) is 0. The van der Waals surface area contributed by atoms with Crippen molar-refractivity contribution in [1.82, 2.24) is 9.97 Å². The number of methoxy groups -OCH3 is 1. The van der Waals surface area contributed by atoms with Crippen LogP contribution in [0.25, 0.3) is 11.3 Å². The molecule has 0 aliphatic heterocycles. The van der Waals surface area contributed by atoms with Gasteiger partial charge in [0, 0.05) is 11.6 Å². The monoisotopic (exact) mass is 217 g/mol. The minimum atomic E-state index is -0.194. The summed E-state index contributed by atoms with van der Waals surface area (Å²) in [7, 11) is 1.54. The number of benzene rings is 1. The molecule has 0 fully saturated rings. The van der Waals surface area contributed by atoms with E-state index in [0.717, 1.165) is 5.56 Å². The third-order valence-corrected chi connectivity index (χ3v) is 2.21. The fourth-order valence-corrected chi connectivity index (χ4v) is 1.40. The summed E-state index contributed by atoms with van der Waals surface area (Å²) in [6.45, 7) is 0. The van der Waals surface area contributed by atoms with Gasteiger partial charge in [-0.3, -0.25) is 4.79 Å². The molecule has 5 nitrogen and oxygen atoms in total. The Hall–Kier alpha value is -2.30. The van der Waals surface area contributed by atoms with Gasteiger partial charge in [0.15, 0.2) is 0 Å². The lowest BCUT2D eigenvalue weighted by Crippen LogP contribution is -2.04. The first-order valence-electron chi connectivity index (χ1n) is 4.69. The Morgan fingerprint density at radius 1 is 1.38 bits per heavy atom. The number of nitrogens with two attached hydrogens (primary N) is 1. The second kappa shape index (κ2) is 4.06. The van der Waals surface area contributed by atoms with Gasteiger partial charge in [0.25, 0.3) is 5.56 Å². The van der Waals surface area contributed by atoms with Crippen molar-refractivity contribution in [2.75, 3.05) is 12.8 Å². The van der Waals surface area contributed by atoms with Crippen LogP contribution < -0.4 is 16.0 Å². The Balaban J connectivity index is 2.52. The summed E-state index contributed by atoms with van der Waals surface area (Å²) in [5.74, 6) is 0.569. The van der Waals surface area contributed by atoms with Crippen molar-refractivity contribution in [1.29, 1.82) is 0 Å². The zero-order valence-electron chi connectivity index (χ0n) is 8.73. The third-order valence-electron chi connectivity index (χ3n) is 2.21. The smallest absolute Gasteiger partial charge is 0.251 e. The molecule has 0 saturated heterocycles. The molecular weight excluding hydrogens is 206 g/mol. The van der Waals surface area contributed by atoms with E-state index < -0.39 is 0 Å². The number of rotatable bonds is 2. The summed E-state index contributed by atoms with van der Waals surface area (Å²) in [4.78, 5) is 17.7. The molecule has 0 aliphatic carbocycles. The van der Waals surface area contributed by atoms with Gasteiger partial charge in [-0.25, -0.2) is 4.98 Å².